The topological polar surface area (TPSA) is 70.5 Å². The summed E-state index contributed by atoms with van der Waals surface area (Å²) >= 11 is 18.8. The zero-order valence-electron chi connectivity index (χ0n) is 9.27. The second kappa shape index (κ2) is 5.75. The Balaban J connectivity index is 2.35. The standard InChI is InChI=1S/C10H7Cl3N2O3S/c11-4-1-14-8(7(13)6(4)12)9(16)15-3-19-2-5(15)10(17)18/h1,5H,2-3H2,(H,17,18)/t5-/m0/s1. The molecule has 2 heterocycles. The van der Waals surface area contributed by atoms with Gasteiger partial charge in [0, 0.05) is 11.9 Å². The number of carbonyl (C=O) groups excluding carboxylic acids is 1. The van der Waals surface area contributed by atoms with Gasteiger partial charge in [0.1, 0.15) is 11.7 Å². The lowest BCUT2D eigenvalue weighted by Crippen LogP contribution is -2.42. The van der Waals surface area contributed by atoms with Crippen LogP contribution >= 0.6 is 46.6 Å². The van der Waals surface area contributed by atoms with Crippen LogP contribution in [0.15, 0.2) is 6.20 Å². The maximum absolute atomic E-state index is 12.2. The average Bonchev–Trinajstić information content (AvgIpc) is 2.84. The summed E-state index contributed by atoms with van der Waals surface area (Å²) in [5.41, 5.74) is -0.0928. The predicted octanol–water partition coefficient (Wildman–Crippen LogP) is 2.64. The first-order valence-electron chi connectivity index (χ1n) is 5.04. The first-order valence-corrected chi connectivity index (χ1v) is 7.33. The van der Waals surface area contributed by atoms with Crippen LogP contribution in [-0.2, 0) is 4.79 Å². The molecule has 9 heteroatoms. The van der Waals surface area contributed by atoms with Gasteiger partial charge >= 0.3 is 5.97 Å². The fourth-order valence-electron chi connectivity index (χ4n) is 1.58. The Kier molecular flexibility index (Phi) is 4.45. The fraction of sp³-hybridized carbons (Fsp3) is 0.300. The number of rotatable bonds is 2. The molecule has 0 bridgehead atoms. The number of pyridine rings is 1. The van der Waals surface area contributed by atoms with Crippen molar-refractivity contribution in [2.24, 2.45) is 0 Å². The highest BCUT2D eigenvalue weighted by molar-refractivity contribution is 7.99. The summed E-state index contributed by atoms with van der Waals surface area (Å²) in [4.78, 5) is 28.3. The summed E-state index contributed by atoms with van der Waals surface area (Å²) < 4.78 is 0. The van der Waals surface area contributed by atoms with E-state index < -0.39 is 17.9 Å². The number of carbonyl (C=O) groups is 2. The predicted molar refractivity (Wildman–Crippen MR) is 74.2 cm³/mol. The van der Waals surface area contributed by atoms with E-state index in [1.807, 2.05) is 0 Å². The van der Waals surface area contributed by atoms with Gasteiger partial charge in [0.2, 0.25) is 0 Å². The van der Waals surface area contributed by atoms with Crippen LogP contribution in [0.1, 0.15) is 10.5 Å². The summed E-state index contributed by atoms with van der Waals surface area (Å²) in [6.07, 6.45) is 1.21. The van der Waals surface area contributed by atoms with E-state index in [0.717, 1.165) is 0 Å². The van der Waals surface area contributed by atoms with Gasteiger partial charge in [-0.1, -0.05) is 34.8 Å². The van der Waals surface area contributed by atoms with Crippen molar-refractivity contribution >= 4 is 58.4 Å². The van der Waals surface area contributed by atoms with Crippen molar-refractivity contribution in [2.45, 2.75) is 6.04 Å². The molecular weight excluding hydrogens is 335 g/mol. The molecule has 5 nitrogen and oxygen atoms in total. The third-order valence-electron chi connectivity index (χ3n) is 2.55. The molecule has 102 valence electrons. The molecule has 1 saturated heterocycles. The van der Waals surface area contributed by atoms with Gasteiger partial charge < -0.3 is 10.0 Å². The molecule has 1 atom stereocenters. The lowest BCUT2D eigenvalue weighted by atomic mass is 10.2. The molecule has 1 aromatic rings. The Labute approximate surface area is 127 Å². The van der Waals surface area contributed by atoms with Crippen molar-refractivity contribution in [3.05, 3.63) is 27.0 Å². The molecule has 19 heavy (non-hydrogen) atoms. The van der Waals surface area contributed by atoms with Crippen LogP contribution in [0.4, 0.5) is 0 Å². The zero-order valence-corrected chi connectivity index (χ0v) is 12.4. The van der Waals surface area contributed by atoms with E-state index in [9.17, 15) is 9.59 Å². The fourth-order valence-corrected chi connectivity index (χ4v) is 3.28. The highest BCUT2D eigenvalue weighted by atomic mass is 35.5. The minimum Gasteiger partial charge on any atom is -0.480 e. The monoisotopic (exact) mass is 340 g/mol. The Morgan fingerprint density at radius 1 is 1.37 bits per heavy atom. The van der Waals surface area contributed by atoms with Gasteiger partial charge in [-0.3, -0.25) is 4.79 Å². The van der Waals surface area contributed by atoms with Crippen molar-refractivity contribution in [3.8, 4) is 0 Å². The second-order valence-corrected chi connectivity index (χ2v) is 5.87. The van der Waals surface area contributed by atoms with Crippen LogP contribution < -0.4 is 0 Å². The Bertz CT molecular complexity index is 555. The highest BCUT2D eigenvalue weighted by Crippen LogP contribution is 2.33. The normalized spacial score (nSPS) is 18.7. The Morgan fingerprint density at radius 3 is 2.68 bits per heavy atom. The molecule has 0 aromatic carbocycles. The molecule has 0 saturated carbocycles. The van der Waals surface area contributed by atoms with E-state index >= 15 is 0 Å². The molecule has 1 amide bonds. The van der Waals surface area contributed by atoms with E-state index in [1.165, 1.54) is 22.9 Å². The number of carboxylic acids is 1. The lowest BCUT2D eigenvalue weighted by Gasteiger charge is -2.20. The second-order valence-electron chi connectivity index (χ2n) is 3.71. The van der Waals surface area contributed by atoms with E-state index in [-0.39, 0.29) is 26.6 Å². The molecule has 0 radical (unpaired) electrons. The third-order valence-corrected chi connectivity index (χ3v) is 4.80. The summed E-state index contributed by atoms with van der Waals surface area (Å²) in [5, 5.41) is 9.13. The molecule has 1 fully saturated rings. The van der Waals surface area contributed by atoms with Gasteiger partial charge in [-0.05, 0) is 0 Å². The van der Waals surface area contributed by atoms with Gasteiger partial charge in [0.05, 0.1) is 20.9 Å². The average molecular weight is 342 g/mol. The first-order chi connectivity index (χ1) is 8.93. The van der Waals surface area contributed by atoms with E-state index in [2.05, 4.69) is 4.98 Å². The molecular formula is C10H7Cl3N2O3S. The largest absolute Gasteiger partial charge is 0.480 e. The van der Waals surface area contributed by atoms with E-state index in [0.29, 0.717) is 5.75 Å². The third kappa shape index (κ3) is 2.76. The molecule has 1 aliphatic heterocycles. The minimum absolute atomic E-state index is 0.0282. The quantitative estimate of drug-likeness (QED) is 0.895. The van der Waals surface area contributed by atoms with Crippen LogP contribution in [0.2, 0.25) is 15.1 Å². The number of thioether (sulfide) groups is 1. The number of carboxylic acid groups (broad SMARTS) is 1. The highest BCUT2D eigenvalue weighted by Gasteiger charge is 2.36. The number of aliphatic carboxylic acids is 1. The molecule has 2 rings (SSSR count). The van der Waals surface area contributed by atoms with Gasteiger partial charge in [-0.15, -0.1) is 11.8 Å². The summed E-state index contributed by atoms with van der Waals surface area (Å²) in [6.45, 7) is 0. The summed E-state index contributed by atoms with van der Waals surface area (Å²) in [7, 11) is 0. The molecule has 0 spiro atoms. The van der Waals surface area contributed by atoms with Crippen molar-refractivity contribution < 1.29 is 14.7 Å². The number of hydrogen-bond acceptors (Lipinski definition) is 4. The number of nitrogens with zero attached hydrogens (tertiary/aromatic N) is 2. The van der Waals surface area contributed by atoms with Crippen molar-refractivity contribution in [1.82, 2.24) is 9.88 Å². The van der Waals surface area contributed by atoms with Gasteiger partial charge in [-0.2, -0.15) is 0 Å². The smallest absolute Gasteiger partial charge is 0.327 e. The number of aromatic nitrogens is 1. The molecule has 1 aliphatic rings. The molecule has 1 aromatic heterocycles. The SMILES string of the molecule is O=C(O)[C@@H]1CSCN1C(=O)c1ncc(Cl)c(Cl)c1Cl. The maximum atomic E-state index is 12.2. The molecule has 0 unspecified atom stereocenters. The first kappa shape index (κ1) is 14.7. The van der Waals surface area contributed by atoms with Crippen LogP contribution in [-0.4, -0.2) is 44.5 Å². The zero-order chi connectivity index (χ0) is 14.2. The lowest BCUT2D eigenvalue weighted by molar-refractivity contribution is -0.140. The van der Waals surface area contributed by atoms with Crippen LogP contribution in [0, 0.1) is 0 Å². The van der Waals surface area contributed by atoms with Gasteiger partial charge in [0.15, 0.2) is 0 Å². The Hall–Kier alpha value is -0.690. The van der Waals surface area contributed by atoms with Crippen LogP contribution in [0.25, 0.3) is 0 Å². The summed E-state index contributed by atoms with van der Waals surface area (Å²) in [5.74, 6) is -1.02. The number of halogens is 3. The van der Waals surface area contributed by atoms with Crippen molar-refractivity contribution in [3.63, 3.8) is 0 Å². The van der Waals surface area contributed by atoms with E-state index in [1.54, 1.807) is 0 Å². The minimum atomic E-state index is -1.06. The van der Waals surface area contributed by atoms with Crippen LogP contribution in [0.5, 0.6) is 0 Å². The van der Waals surface area contributed by atoms with E-state index in [4.69, 9.17) is 39.9 Å². The Morgan fingerprint density at radius 2 is 2.05 bits per heavy atom. The van der Waals surface area contributed by atoms with Crippen molar-refractivity contribution in [1.29, 1.82) is 0 Å². The summed E-state index contributed by atoms with van der Waals surface area (Å²) in [6, 6.07) is -0.884. The maximum Gasteiger partial charge on any atom is 0.327 e. The molecule has 0 aliphatic carbocycles. The number of hydrogen-bond donors (Lipinski definition) is 1. The molecule has 1 N–H and O–H groups in total. The van der Waals surface area contributed by atoms with Gasteiger partial charge in [-0.25, -0.2) is 9.78 Å². The van der Waals surface area contributed by atoms with Crippen LogP contribution in [0.3, 0.4) is 0 Å². The number of amides is 1. The van der Waals surface area contributed by atoms with Crippen molar-refractivity contribution in [2.75, 3.05) is 11.6 Å². The van der Waals surface area contributed by atoms with Gasteiger partial charge in [0.25, 0.3) is 5.91 Å².